The number of carboxylic acid groups (broad SMARTS) is 2. The van der Waals surface area contributed by atoms with Crippen LogP contribution in [0.15, 0.2) is 0 Å². The zero-order chi connectivity index (χ0) is 21.7. The summed E-state index contributed by atoms with van der Waals surface area (Å²) in [5.41, 5.74) is 0. The number of carbonyl (C=O) groups excluding carboxylic acids is 2. The van der Waals surface area contributed by atoms with Crippen LogP contribution in [0.3, 0.4) is 0 Å². The molecule has 2 N–H and O–H groups in total. The predicted molar refractivity (Wildman–Crippen MR) is 101 cm³/mol. The Balaban J connectivity index is 3.36. The SMILES string of the molecule is O=C(O)CCCCCCCCC(=O)[O][Zn][O]C(=O)CCCCCCCCC(=O)O. The minimum atomic E-state index is -2.05. The molecule has 0 aromatic heterocycles. The van der Waals surface area contributed by atoms with Crippen molar-refractivity contribution in [1.82, 2.24) is 0 Å². The Morgan fingerprint density at radius 3 is 1.07 bits per heavy atom. The maximum absolute atomic E-state index is 11.6. The van der Waals surface area contributed by atoms with E-state index in [1.54, 1.807) is 0 Å². The van der Waals surface area contributed by atoms with Gasteiger partial charge in [-0.3, -0.25) is 0 Å². The van der Waals surface area contributed by atoms with Crippen LogP contribution in [0.5, 0.6) is 0 Å². The monoisotopic (exact) mass is 466 g/mol. The van der Waals surface area contributed by atoms with Gasteiger partial charge in [-0.2, -0.15) is 0 Å². The van der Waals surface area contributed by atoms with Crippen molar-refractivity contribution >= 4 is 23.9 Å². The van der Waals surface area contributed by atoms with E-state index in [2.05, 4.69) is 0 Å². The summed E-state index contributed by atoms with van der Waals surface area (Å²) in [7, 11) is 0. The van der Waals surface area contributed by atoms with Crippen molar-refractivity contribution in [2.75, 3.05) is 0 Å². The summed E-state index contributed by atoms with van der Waals surface area (Å²) in [4.78, 5) is 43.9. The summed E-state index contributed by atoms with van der Waals surface area (Å²) in [5, 5.41) is 17.1. The van der Waals surface area contributed by atoms with E-state index in [0.29, 0.717) is 25.7 Å². The van der Waals surface area contributed by atoms with Crippen molar-refractivity contribution in [2.45, 2.75) is 103 Å². The van der Waals surface area contributed by atoms with Crippen molar-refractivity contribution in [3.05, 3.63) is 0 Å². The molecule has 0 atom stereocenters. The van der Waals surface area contributed by atoms with Crippen LogP contribution in [0.4, 0.5) is 0 Å². The molecule has 0 rings (SSSR count). The van der Waals surface area contributed by atoms with Gasteiger partial charge in [0.15, 0.2) is 0 Å². The van der Waals surface area contributed by atoms with Gasteiger partial charge in [-0.15, -0.1) is 0 Å². The van der Waals surface area contributed by atoms with Crippen molar-refractivity contribution in [3.8, 4) is 0 Å². The number of carbonyl (C=O) groups is 4. The minimum absolute atomic E-state index is 0.214. The van der Waals surface area contributed by atoms with Crippen LogP contribution in [-0.2, 0) is 44.2 Å². The fraction of sp³-hybridized carbons (Fsp3) is 0.800. The summed E-state index contributed by atoms with van der Waals surface area (Å²) >= 11 is -2.05. The molecule has 0 aliphatic heterocycles. The van der Waals surface area contributed by atoms with Crippen molar-refractivity contribution in [2.24, 2.45) is 0 Å². The van der Waals surface area contributed by atoms with Crippen LogP contribution in [0, 0.1) is 0 Å². The molecule has 0 radical (unpaired) electrons. The van der Waals surface area contributed by atoms with E-state index in [-0.39, 0.29) is 24.8 Å². The van der Waals surface area contributed by atoms with Crippen molar-refractivity contribution in [1.29, 1.82) is 0 Å². The van der Waals surface area contributed by atoms with E-state index >= 15 is 0 Å². The van der Waals surface area contributed by atoms with Gasteiger partial charge in [-0.1, -0.05) is 0 Å². The second-order valence-electron chi connectivity index (χ2n) is 7.18. The van der Waals surface area contributed by atoms with Crippen LogP contribution < -0.4 is 0 Å². The third-order valence-corrected chi connectivity index (χ3v) is 6.33. The van der Waals surface area contributed by atoms with E-state index in [1.165, 1.54) is 0 Å². The number of carboxylic acids is 2. The fourth-order valence-corrected chi connectivity index (χ4v) is 4.09. The Labute approximate surface area is 181 Å². The molecule has 0 amide bonds. The zero-order valence-corrected chi connectivity index (χ0v) is 20.3. The summed E-state index contributed by atoms with van der Waals surface area (Å²) in [6.07, 6.45) is 11.5. The van der Waals surface area contributed by atoms with E-state index in [1.807, 2.05) is 0 Å². The van der Waals surface area contributed by atoms with Gasteiger partial charge < -0.3 is 0 Å². The summed E-state index contributed by atoms with van der Waals surface area (Å²) in [6, 6.07) is 0. The molecule has 0 saturated carbocycles. The van der Waals surface area contributed by atoms with E-state index in [4.69, 9.17) is 17.3 Å². The van der Waals surface area contributed by atoms with Crippen LogP contribution in [-0.4, -0.2) is 34.1 Å². The second-order valence-corrected chi connectivity index (χ2v) is 8.89. The average Bonchev–Trinajstić information content (AvgIpc) is 2.65. The third-order valence-electron chi connectivity index (χ3n) is 4.48. The van der Waals surface area contributed by atoms with E-state index < -0.39 is 29.8 Å². The quantitative estimate of drug-likeness (QED) is 0.199. The van der Waals surface area contributed by atoms with Gasteiger partial charge in [-0.05, 0) is 0 Å². The topological polar surface area (TPSA) is 127 Å². The molecule has 0 bridgehead atoms. The molecule has 0 aromatic rings. The Bertz CT molecular complexity index is 439. The van der Waals surface area contributed by atoms with Gasteiger partial charge in [0.25, 0.3) is 0 Å². The van der Waals surface area contributed by atoms with Crippen LogP contribution in [0.2, 0.25) is 0 Å². The molecule has 0 unspecified atom stereocenters. The van der Waals surface area contributed by atoms with Crippen molar-refractivity contribution < 1.29 is 54.4 Å². The van der Waals surface area contributed by atoms with Gasteiger partial charge in [0.05, 0.1) is 0 Å². The van der Waals surface area contributed by atoms with E-state index in [9.17, 15) is 19.2 Å². The molecule has 0 aromatic carbocycles. The number of hydrogen-bond donors (Lipinski definition) is 2. The summed E-state index contributed by atoms with van der Waals surface area (Å²) in [6.45, 7) is 0. The Morgan fingerprint density at radius 1 is 0.483 bits per heavy atom. The summed E-state index contributed by atoms with van der Waals surface area (Å²) < 4.78 is 10.1. The number of rotatable bonds is 20. The Morgan fingerprint density at radius 2 is 0.759 bits per heavy atom. The summed E-state index contributed by atoms with van der Waals surface area (Å²) in [5.74, 6) is -2.12. The number of unbranched alkanes of at least 4 members (excludes halogenated alkanes) is 10. The third kappa shape index (κ3) is 22.7. The maximum atomic E-state index is 11.6. The molecule has 0 aliphatic carbocycles. The predicted octanol–water partition coefficient (Wildman–Crippen LogP) is 4.40. The molecular weight excluding hydrogens is 434 g/mol. The molecule has 8 nitrogen and oxygen atoms in total. The van der Waals surface area contributed by atoms with Gasteiger partial charge >= 0.3 is 181 Å². The normalized spacial score (nSPS) is 10.2. The molecule has 0 saturated heterocycles. The second kappa shape index (κ2) is 19.8. The average molecular weight is 468 g/mol. The first-order valence-corrected chi connectivity index (χ1v) is 13.1. The van der Waals surface area contributed by atoms with E-state index in [0.717, 1.165) is 64.2 Å². The zero-order valence-electron chi connectivity index (χ0n) is 17.4. The van der Waals surface area contributed by atoms with Crippen LogP contribution in [0.1, 0.15) is 103 Å². The van der Waals surface area contributed by atoms with Gasteiger partial charge in [0, 0.05) is 0 Å². The standard InChI is InChI=1S/2C10H18O4.Zn/c2*11-9(12)7-5-3-1-2-4-6-8-10(13)14;/h2*1-8H2,(H,11,12)(H,13,14);/q;;+2/p-2. The van der Waals surface area contributed by atoms with Gasteiger partial charge in [0.1, 0.15) is 0 Å². The molecule has 164 valence electrons. The van der Waals surface area contributed by atoms with Crippen LogP contribution in [0.25, 0.3) is 0 Å². The Hall–Kier alpha value is -1.50. The molecule has 0 fully saturated rings. The van der Waals surface area contributed by atoms with Crippen molar-refractivity contribution in [3.63, 3.8) is 0 Å². The van der Waals surface area contributed by atoms with Crippen LogP contribution >= 0.6 is 0 Å². The first-order chi connectivity index (χ1) is 13.9. The first-order valence-electron chi connectivity index (χ1n) is 10.7. The number of hydrogen-bond acceptors (Lipinski definition) is 6. The Kier molecular flexibility index (Phi) is 18.8. The van der Waals surface area contributed by atoms with Gasteiger partial charge in [-0.25, -0.2) is 0 Å². The fourth-order valence-electron chi connectivity index (χ4n) is 2.81. The molecule has 9 heteroatoms. The molecule has 0 heterocycles. The first kappa shape index (κ1) is 27.5. The molecular formula is C20H34O8Zn. The van der Waals surface area contributed by atoms with Gasteiger partial charge in [0.2, 0.25) is 0 Å². The number of aliphatic carboxylic acids is 2. The molecule has 29 heavy (non-hydrogen) atoms. The molecule has 0 spiro atoms. The molecule has 0 aliphatic rings.